The number of Topliss-reactive ketones (excluding diaryl/α,β-unsaturated/α-hetero) is 1. The van der Waals surface area contributed by atoms with Gasteiger partial charge in [0.25, 0.3) is 10.0 Å². The number of anilines is 1. The maximum atomic E-state index is 14.1. The average molecular weight is 520 g/mol. The first-order valence-electron chi connectivity index (χ1n) is 9.84. The molecule has 0 aliphatic rings. The minimum Gasteiger partial charge on any atom is -0.325 e. The zero-order valence-electron chi connectivity index (χ0n) is 17.6. The highest BCUT2D eigenvalue weighted by Crippen LogP contribution is 2.28. The number of aromatic nitrogens is 2. The highest BCUT2D eigenvalue weighted by molar-refractivity contribution is 7.90. The van der Waals surface area contributed by atoms with Crippen molar-refractivity contribution in [3.8, 4) is 0 Å². The van der Waals surface area contributed by atoms with Crippen LogP contribution in [-0.4, -0.2) is 29.3 Å². The van der Waals surface area contributed by atoms with Crippen LogP contribution in [0.25, 0.3) is 10.9 Å². The molecule has 0 atom stereocenters. The number of hydrogen-bond donors (Lipinski definition) is 1. The smallest absolute Gasteiger partial charge is 0.283 e. The Bertz CT molecular complexity index is 1550. The van der Waals surface area contributed by atoms with Crippen molar-refractivity contribution in [3.05, 3.63) is 87.8 Å². The summed E-state index contributed by atoms with van der Waals surface area (Å²) in [7, 11) is -4.16. The summed E-state index contributed by atoms with van der Waals surface area (Å²) in [6, 6.07) is 12.6. The van der Waals surface area contributed by atoms with E-state index in [4.69, 9.17) is 23.2 Å². The summed E-state index contributed by atoms with van der Waals surface area (Å²) in [4.78, 5) is 23.8. The highest BCUT2D eigenvalue weighted by Gasteiger charge is 2.23. The fourth-order valence-electron chi connectivity index (χ4n) is 3.43. The molecule has 0 spiro atoms. The fourth-order valence-corrected chi connectivity index (χ4v) is 5.28. The van der Waals surface area contributed by atoms with E-state index in [-0.39, 0.29) is 44.0 Å². The predicted molar refractivity (Wildman–Crippen MR) is 128 cm³/mol. The maximum Gasteiger partial charge on any atom is 0.283 e. The largest absolute Gasteiger partial charge is 0.325 e. The number of carbonyl (C=O) groups is 2. The van der Waals surface area contributed by atoms with E-state index in [0.717, 1.165) is 10.2 Å². The molecule has 0 radical (unpaired) electrons. The number of amides is 1. The van der Waals surface area contributed by atoms with Gasteiger partial charge >= 0.3 is 0 Å². The van der Waals surface area contributed by atoms with Gasteiger partial charge in [-0.15, -0.1) is 0 Å². The van der Waals surface area contributed by atoms with Gasteiger partial charge in [0, 0.05) is 18.7 Å². The number of carbonyl (C=O) groups excluding carboxylic acids is 2. The quantitative estimate of drug-likeness (QED) is 0.357. The Hall–Kier alpha value is -3.27. The van der Waals surface area contributed by atoms with Crippen molar-refractivity contribution in [2.24, 2.45) is 0 Å². The number of nitrogens with zero attached hydrogens (tertiary/aromatic N) is 2. The van der Waals surface area contributed by atoms with Crippen LogP contribution in [-0.2, 0) is 21.2 Å². The lowest BCUT2D eigenvalue weighted by Crippen LogP contribution is -2.15. The summed E-state index contributed by atoms with van der Waals surface area (Å²) in [5.74, 6) is -1.63. The minimum absolute atomic E-state index is 0.00159. The fraction of sp³-hybridized carbons (Fsp3) is 0.0870. The molecule has 1 N–H and O–H groups in total. The maximum absolute atomic E-state index is 14.1. The number of benzene rings is 3. The molecule has 4 rings (SSSR count). The van der Waals surface area contributed by atoms with E-state index in [9.17, 15) is 22.4 Å². The number of fused-ring (bicyclic) bond motifs is 1. The van der Waals surface area contributed by atoms with E-state index < -0.39 is 21.6 Å². The summed E-state index contributed by atoms with van der Waals surface area (Å²) >= 11 is 12.1. The molecule has 0 aliphatic heterocycles. The Morgan fingerprint density at radius 1 is 1.06 bits per heavy atom. The second-order valence-electron chi connectivity index (χ2n) is 7.41. The number of nitrogens with one attached hydrogen (secondary N) is 1. The first-order valence-corrected chi connectivity index (χ1v) is 12.0. The lowest BCUT2D eigenvalue weighted by atomic mass is 10.0. The van der Waals surface area contributed by atoms with Crippen LogP contribution < -0.4 is 5.32 Å². The standard InChI is InChI=1S/C23H16Cl2FN3O4S/c1-13(30)28-20-8-7-16(11-18(20)25)34(32,33)29-21-9-14(5-6-15(21)12-27-29)10-22(31)23-17(24)3-2-4-19(23)26/h2-9,11-12H,10H2,1H3,(H,28,30). The van der Waals surface area contributed by atoms with Crippen molar-refractivity contribution in [1.29, 1.82) is 0 Å². The van der Waals surface area contributed by atoms with Crippen LogP contribution in [0.3, 0.4) is 0 Å². The van der Waals surface area contributed by atoms with Gasteiger partial charge in [0.05, 0.1) is 37.9 Å². The molecule has 1 aromatic heterocycles. The van der Waals surface area contributed by atoms with Crippen LogP contribution in [0.2, 0.25) is 10.0 Å². The molecule has 4 aromatic rings. The molecule has 11 heteroatoms. The topological polar surface area (TPSA) is 98.1 Å². The Morgan fingerprint density at radius 2 is 1.82 bits per heavy atom. The molecular formula is C23H16Cl2FN3O4S. The lowest BCUT2D eigenvalue weighted by Gasteiger charge is -2.10. The van der Waals surface area contributed by atoms with Crippen molar-refractivity contribution >= 4 is 61.5 Å². The van der Waals surface area contributed by atoms with E-state index in [2.05, 4.69) is 10.4 Å². The molecule has 0 saturated heterocycles. The van der Waals surface area contributed by atoms with Crippen molar-refractivity contribution in [3.63, 3.8) is 0 Å². The monoisotopic (exact) mass is 519 g/mol. The summed E-state index contributed by atoms with van der Waals surface area (Å²) in [5, 5.41) is 7.07. The third-order valence-corrected chi connectivity index (χ3v) is 7.21. The SMILES string of the molecule is CC(=O)Nc1ccc(S(=O)(=O)n2ncc3ccc(CC(=O)c4c(F)cccc4Cl)cc32)cc1Cl. The number of rotatable bonds is 6. The summed E-state index contributed by atoms with van der Waals surface area (Å²) in [6.07, 6.45) is 1.18. The average Bonchev–Trinajstić information content (AvgIpc) is 3.19. The molecule has 174 valence electrons. The second-order valence-corrected chi connectivity index (χ2v) is 9.99. The first kappa shape index (κ1) is 23.9. The number of halogens is 3. The molecule has 1 amide bonds. The van der Waals surface area contributed by atoms with Gasteiger partial charge in [-0.3, -0.25) is 9.59 Å². The molecule has 34 heavy (non-hydrogen) atoms. The lowest BCUT2D eigenvalue weighted by molar-refractivity contribution is -0.114. The summed E-state index contributed by atoms with van der Waals surface area (Å²) in [6.45, 7) is 1.30. The Labute approximate surface area is 204 Å². The number of ketones is 1. The van der Waals surface area contributed by atoms with Gasteiger partial charge < -0.3 is 5.32 Å². The van der Waals surface area contributed by atoms with E-state index in [1.165, 1.54) is 49.5 Å². The van der Waals surface area contributed by atoms with Crippen molar-refractivity contribution in [1.82, 2.24) is 9.19 Å². The Balaban J connectivity index is 1.71. The summed E-state index contributed by atoms with van der Waals surface area (Å²) in [5.41, 5.74) is 0.727. The van der Waals surface area contributed by atoms with Gasteiger partial charge in [0.15, 0.2) is 5.78 Å². The Morgan fingerprint density at radius 3 is 2.50 bits per heavy atom. The molecule has 1 heterocycles. The second kappa shape index (κ2) is 9.17. The van der Waals surface area contributed by atoms with Gasteiger partial charge in [-0.1, -0.05) is 41.4 Å². The third-order valence-electron chi connectivity index (χ3n) is 4.99. The Kier molecular flexibility index (Phi) is 6.44. The zero-order chi connectivity index (χ0) is 24.6. The van der Waals surface area contributed by atoms with Crippen LogP contribution in [0.4, 0.5) is 10.1 Å². The predicted octanol–water partition coefficient (Wildman–Crippen LogP) is 5.10. The molecule has 7 nitrogen and oxygen atoms in total. The number of hydrogen-bond acceptors (Lipinski definition) is 5. The van der Waals surface area contributed by atoms with Crippen molar-refractivity contribution in [2.45, 2.75) is 18.2 Å². The molecule has 0 unspecified atom stereocenters. The molecule has 0 aliphatic carbocycles. The molecule has 0 fully saturated rings. The zero-order valence-corrected chi connectivity index (χ0v) is 19.9. The van der Waals surface area contributed by atoms with Crippen molar-refractivity contribution in [2.75, 3.05) is 5.32 Å². The first-order chi connectivity index (χ1) is 16.1. The minimum atomic E-state index is -4.16. The highest BCUT2D eigenvalue weighted by atomic mass is 35.5. The van der Waals surface area contributed by atoms with Crippen molar-refractivity contribution < 1.29 is 22.4 Å². The summed E-state index contributed by atoms with van der Waals surface area (Å²) < 4.78 is 41.5. The molecule has 0 bridgehead atoms. The van der Waals surface area contributed by atoms with Gasteiger partial charge in [-0.2, -0.15) is 17.6 Å². The van der Waals surface area contributed by atoms with Crippen LogP contribution in [0, 0.1) is 5.82 Å². The van der Waals surface area contributed by atoms with Crippen LogP contribution in [0.15, 0.2) is 65.7 Å². The van der Waals surface area contributed by atoms with E-state index in [0.29, 0.717) is 10.9 Å². The van der Waals surface area contributed by atoms with Gasteiger partial charge in [0.1, 0.15) is 5.82 Å². The van der Waals surface area contributed by atoms with E-state index >= 15 is 0 Å². The van der Waals surface area contributed by atoms with Crippen LogP contribution >= 0.6 is 23.2 Å². The molecule has 0 saturated carbocycles. The van der Waals surface area contributed by atoms with Crippen LogP contribution in [0.1, 0.15) is 22.8 Å². The molecular weight excluding hydrogens is 504 g/mol. The normalized spacial score (nSPS) is 11.5. The molecule has 3 aromatic carbocycles. The van der Waals surface area contributed by atoms with Gasteiger partial charge in [-0.05, 0) is 42.0 Å². The third kappa shape index (κ3) is 4.54. The van der Waals surface area contributed by atoms with Gasteiger partial charge in [-0.25, -0.2) is 4.39 Å². The van der Waals surface area contributed by atoms with Crippen LogP contribution in [0.5, 0.6) is 0 Å². The van der Waals surface area contributed by atoms with E-state index in [1.54, 1.807) is 12.1 Å². The van der Waals surface area contributed by atoms with E-state index in [1.807, 2.05) is 0 Å². The van der Waals surface area contributed by atoms with Gasteiger partial charge in [0.2, 0.25) is 5.91 Å².